The first kappa shape index (κ1) is 15.6. The fourth-order valence-corrected chi connectivity index (χ4v) is 5.15. The molecule has 0 spiro atoms. The number of sulfone groups is 1. The number of amides is 1. The van der Waals surface area contributed by atoms with Crippen LogP contribution in [0, 0.1) is 0 Å². The highest BCUT2D eigenvalue weighted by atomic mass is 32.2. The lowest BCUT2D eigenvalue weighted by Gasteiger charge is -2.08. The number of rotatable bonds is 1. The molecule has 0 bridgehead atoms. The van der Waals surface area contributed by atoms with E-state index in [0.717, 1.165) is 23.5 Å². The van der Waals surface area contributed by atoms with Crippen LogP contribution in [0.2, 0.25) is 0 Å². The summed E-state index contributed by atoms with van der Waals surface area (Å²) < 4.78 is 61.6. The van der Waals surface area contributed by atoms with Crippen molar-refractivity contribution >= 4 is 48.9 Å². The Morgan fingerprint density at radius 1 is 1.23 bits per heavy atom. The molecule has 0 fully saturated rings. The molecule has 10 heteroatoms. The number of fused-ring (bicyclic) bond motifs is 3. The second kappa shape index (κ2) is 5.14. The van der Waals surface area contributed by atoms with E-state index < -0.39 is 20.2 Å². The number of carbonyl (C=O) groups excluding carboxylic acids is 1. The van der Waals surface area contributed by atoms with Crippen LogP contribution in [-0.2, 0) is 9.84 Å². The Balaban J connectivity index is 2.23. The normalized spacial score (nSPS) is 16.2. The largest absolute Gasteiger partial charge is 0.501 e. The van der Waals surface area contributed by atoms with E-state index in [1.165, 1.54) is 17.8 Å². The standard InChI is InChI=1S/C12H8F3NO3S3/c13-12(14,15)22(18,19)6-1-2-8-7(5-6)9-10(21-8)11(17)16-3-4-20-9/h1-2,5H,3-4H2,(H,16,17). The number of thiophene rings is 1. The first-order valence-electron chi connectivity index (χ1n) is 6.01. The molecule has 2 heterocycles. The molecule has 118 valence electrons. The van der Waals surface area contributed by atoms with Crippen molar-refractivity contribution in [3.63, 3.8) is 0 Å². The van der Waals surface area contributed by atoms with E-state index in [-0.39, 0.29) is 5.91 Å². The second-order valence-corrected chi connectivity index (χ2v) is 8.57. The number of thioether (sulfide) groups is 1. The number of hydrogen-bond donors (Lipinski definition) is 1. The highest BCUT2D eigenvalue weighted by molar-refractivity contribution is 7.99. The molecule has 0 atom stereocenters. The lowest BCUT2D eigenvalue weighted by molar-refractivity contribution is -0.0435. The molecule has 1 aromatic carbocycles. The summed E-state index contributed by atoms with van der Waals surface area (Å²) in [7, 11) is -5.40. The van der Waals surface area contributed by atoms with Crippen LogP contribution in [0.25, 0.3) is 10.1 Å². The molecule has 1 N–H and O–H groups in total. The van der Waals surface area contributed by atoms with Gasteiger partial charge in [-0.15, -0.1) is 23.1 Å². The minimum Gasteiger partial charge on any atom is -0.350 e. The summed E-state index contributed by atoms with van der Waals surface area (Å²) in [6.07, 6.45) is 0. The minimum absolute atomic E-state index is 0.290. The number of carbonyl (C=O) groups is 1. The topological polar surface area (TPSA) is 63.2 Å². The van der Waals surface area contributed by atoms with Crippen molar-refractivity contribution in [1.29, 1.82) is 0 Å². The zero-order chi connectivity index (χ0) is 16.1. The van der Waals surface area contributed by atoms with Crippen LogP contribution in [-0.4, -0.2) is 32.1 Å². The zero-order valence-corrected chi connectivity index (χ0v) is 13.2. The van der Waals surface area contributed by atoms with E-state index in [2.05, 4.69) is 5.32 Å². The first-order chi connectivity index (χ1) is 10.2. The van der Waals surface area contributed by atoms with Crippen molar-refractivity contribution in [1.82, 2.24) is 5.32 Å². The Morgan fingerprint density at radius 3 is 2.64 bits per heavy atom. The second-order valence-electron chi connectivity index (χ2n) is 4.47. The molecule has 0 saturated heterocycles. The number of alkyl halides is 3. The summed E-state index contributed by atoms with van der Waals surface area (Å²) >= 11 is 2.47. The number of benzene rings is 1. The molecule has 1 amide bonds. The van der Waals surface area contributed by atoms with Gasteiger partial charge in [0.2, 0.25) is 0 Å². The van der Waals surface area contributed by atoms with Crippen molar-refractivity contribution < 1.29 is 26.4 Å². The van der Waals surface area contributed by atoms with E-state index in [4.69, 9.17) is 0 Å². The van der Waals surface area contributed by atoms with E-state index in [1.807, 2.05) is 0 Å². The van der Waals surface area contributed by atoms with E-state index in [0.29, 0.717) is 32.2 Å². The Hall–Kier alpha value is -1.26. The lowest BCUT2D eigenvalue weighted by Crippen LogP contribution is -2.23. The molecule has 22 heavy (non-hydrogen) atoms. The molecular formula is C12H8F3NO3S3. The lowest BCUT2D eigenvalue weighted by atomic mass is 10.2. The van der Waals surface area contributed by atoms with Crippen molar-refractivity contribution in [2.45, 2.75) is 15.3 Å². The summed E-state index contributed by atoms with van der Waals surface area (Å²) in [6, 6.07) is 3.23. The number of nitrogens with one attached hydrogen (secondary N) is 1. The summed E-state index contributed by atoms with van der Waals surface area (Å²) in [6.45, 7) is 0.451. The van der Waals surface area contributed by atoms with Crippen LogP contribution in [0.3, 0.4) is 0 Å². The van der Waals surface area contributed by atoms with Gasteiger partial charge in [0.1, 0.15) is 4.88 Å². The highest BCUT2D eigenvalue weighted by Crippen LogP contribution is 2.41. The van der Waals surface area contributed by atoms with E-state index in [1.54, 1.807) is 0 Å². The van der Waals surface area contributed by atoms with Gasteiger partial charge in [0.25, 0.3) is 15.7 Å². The van der Waals surface area contributed by atoms with Gasteiger partial charge in [-0.2, -0.15) is 13.2 Å². The Morgan fingerprint density at radius 2 is 1.95 bits per heavy atom. The van der Waals surface area contributed by atoms with Gasteiger partial charge in [0, 0.05) is 27.3 Å². The average molecular weight is 367 g/mol. The summed E-state index contributed by atoms with van der Waals surface area (Å²) in [5, 5.41) is 3.05. The van der Waals surface area contributed by atoms with Crippen molar-refractivity contribution in [3.8, 4) is 0 Å². The first-order valence-corrected chi connectivity index (χ1v) is 9.29. The molecule has 1 aliphatic heterocycles. The summed E-state index contributed by atoms with van der Waals surface area (Å²) in [5.74, 6) is 0.280. The molecule has 3 rings (SSSR count). The Bertz CT molecular complexity index is 871. The number of halogens is 3. The highest BCUT2D eigenvalue weighted by Gasteiger charge is 2.47. The molecule has 2 aromatic rings. The molecule has 1 aliphatic rings. The SMILES string of the molecule is O=C1NCCSc2c1sc1ccc(S(=O)(=O)C(F)(F)F)cc21. The molecule has 4 nitrogen and oxygen atoms in total. The smallest absolute Gasteiger partial charge is 0.350 e. The van der Waals surface area contributed by atoms with Crippen molar-refractivity contribution in [2.75, 3.05) is 12.3 Å². The predicted molar refractivity (Wildman–Crippen MR) is 78.1 cm³/mol. The maximum absolute atomic E-state index is 12.7. The molecule has 0 saturated carbocycles. The zero-order valence-electron chi connectivity index (χ0n) is 10.7. The summed E-state index contributed by atoms with van der Waals surface area (Å²) in [5.41, 5.74) is -5.35. The Labute approximate surface area is 131 Å². The summed E-state index contributed by atoms with van der Waals surface area (Å²) in [4.78, 5) is 12.0. The fraction of sp³-hybridized carbons (Fsp3) is 0.250. The van der Waals surface area contributed by atoms with Gasteiger partial charge in [-0.25, -0.2) is 8.42 Å². The van der Waals surface area contributed by atoms with E-state index >= 15 is 0 Å². The molecule has 0 radical (unpaired) electrons. The van der Waals surface area contributed by atoms with Crippen LogP contribution in [0.15, 0.2) is 28.0 Å². The maximum Gasteiger partial charge on any atom is 0.501 e. The van der Waals surface area contributed by atoms with Gasteiger partial charge in [-0.05, 0) is 18.2 Å². The van der Waals surface area contributed by atoms with Crippen LogP contribution in [0.4, 0.5) is 13.2 Å². The van der Waals surface area contributed by atoms with Crippen molar-refractivity contribution in [3.05, 3.63) is 23.1 Å². The quantitative estimate of drug-likeness (QED) is 0.842. The molecule has 0 unspecified atom stereocenters. The third-order valence-electron chi connectivity index (χ3n) is 3.07. The minimum atomic E-state index is -5.40. The third kappa shape index (κ3) is 2.38. The van der Waals surface area contributed by atoms with Gasteiger partial charge in [0.15, 0.2) is 0 Å². The molecule has 1 aromatic heterocycles. The molecule has 0 aliphatic carbocycles. The van der Waals surface area contributed by atoms with E-state index in [9.17, 15) is 26.4 Å². The predicted octanol–water partition coefficient (Wildman–Crippen LogP) is 3.03. The van der Waals surface area contributed by atoms with Crippen LogP contribution < -0.4 is 5.32 Å². The van der Waals surface area contributed by atoms with Gasteiger partial charge in [0.05, 0.1) is 4.90 Å². The Kier molecular flexibility index (Phi) is 3.65. The monoisotopic (exact) mass is 367 g/mol. The number of hydrogen-bond acceptors (Lipinski definition) is 5. The maximum atomic E-state index is 12.7. The molecular weight excluding hydrogens is 359 g/mol. The van der Waals surface area contributed by atoms with Crippen molar-refractivity contribution in [2.24, 2.45) is 0 Å². The van der Waals surface area contributed by atoms with Gasteiger partial charge >= 0.3 is 5.51 Å². The fourth-order valence-electron chi connectivity index (χ4n) is 2.05. The van der Waals surface area contributed by atoms with Gasteiger partial charge in [-0.3, -0.25) is 4.79 Å². The van der Waals surface area contributed by atoms with Crippen LogP contribution >= 0.6 is 23.1 Å². The third-order valence-corrected chi connectivity index (χ3v) is 6.97. The van der Waals surface area contributed by atoms with Gasteiger partial charge < -0.3 is 5.32 Å². The average Bonchev–Trinajstić information content (AvgIpc) is 2.70. The van der Waals surface area contributed by atoms with Gasteiger partial charge in [-0.1, -0.05) is 0 Å². The van der Waals surface area contributed by atoms with Crippen LogP contribution in [0.5, 0.6) is 0 Å². The van der Waals surface area contributed by atoms with Crippen LogP contribution in [0.1, 0.15) is 9.67 Å².